The van der Waals surface area contributed by atoms with Crippen LogP contribution in [-0.4, -0.2) is 25.7 Å². The number of benzene rings is 1. The van der Waals surface area contributed by atoms with Crippen molar-refractivity contribution >= 4 is 5.91 Å². The molecular formula is C14H15N5O3. The van der Waals surface area contributed by atoms with Crippen molar-refractivity contribution in [3.63, 3.8) is 0 Å². The molecule has 0 saturated carbocycles. The van der Waals surface area contributed by atoms with Crippen LogP contribution < -0.4 is 11.2 Å². The lowest BCUT2D eigenvalue weighted by molar-refractivity contribution is -0.134. The van der Waals surface area contributed by atoms with Crippen molar-refractivity contribution in [1.29, 1.82) is 0 Å². The number of hydrogen-bond donors (Lipinski definition) is 1. The highest BCUT2D eigenvalue weighted by Gasteiger charge is 2.14. The molecule has 0 bridgehead atoms. The van der Waals surface area contributed by atoms with Gasteiger partial charge in [-0.2, -0.15) is 9.36 Å². The summed E-state index contributed by atoms with van der Waals surface area (Å²) in [5, 5.41) is 7.45. The number of nitrogens with zero attached hydrogens (tertiary/aromatic N) is 4. The van der Waals surface area contributed by atoms with E-state index in [1.54, 1.807) is 25.1 Å². The van der Waals surface area contributed by atoms with E-state index >= 15 is 0 Å². The maximum atomic E-state index is 12.0. The Balaban J connectivity index is 2.38. The fourth-order valence-corrected chi connectivity index (χ4v) is 1.79. The van der Waals surface area contributed by atoms with Crippen molar-refractivity contribution in [2.24, 2.45) is 7.05 Å². The van der Waals surface area contributed by atoms with Crippen LogP contribution in [0.15, 0.2) is 23.0 Å². The SMILES string of the molecule is C#Cc1cccc(-n2nnn(C)c2=O)c1CONC(=O)CC. The zero-order chi connectivity index (χ0) is 16.1. The molecule has 8 nitrogen and oxygen atoms in total. The minimum Gasteiger partial charge on any atom is -0.273 e. The highest BCUT2D eigenvalue weighted by molar-refractivity contribution is 5.74. The smallest absolute Gasteiger partial charge is 0.273 e. The van der Waals surface area contributed by atoms with Gasteiger partial charge in [-0.15, -0.1) is 6.42 Å². The first-order valence-corrected chi connectivity index (χ1v) is 6.57. The molecule has 0 fully saturated rings. The fraction of sp³-hybridized carbons (Fsp3) is 0.286. The van der Waals surface area contributed by atoms with E-state index < -0.39 is 5.69 Å². The Bertz CT molecular complexity index is 785. The van der Waals surface area contributed by atoms with Gasteiger partial charge in [0.25, 0.3) is 0 Å². The summed E-state index contributed by atoms with van der Waals surface area (Å²) in [6.45, 7) is 1.71. The Kier molecular flexibility index (Phi) is 4.70. The second kappa shape index (κ2) is 6.69. The van der Waals surface area contributed by atoms with E-state index in [9.17, 15) is 9.59 Å². The molecule has 0 unspecified atom stereocenters. The van der Waals surface area contributed by atoms with E-state index in [0.29, 0.717) is 23.2 Å². The first-order valence-electron chi connectivity index (χ1n) is 6.57. The topological polar surface area (TPSA) is 91.0 Å². The molecule has 114 valence electrons. The third kappa shape index (κ3) is 3.05. The number of aromatic nitrogens is 4. The van der Waals surface area contributed by atoms with Crippen LogP contribution in [0.3, 0.4) is 0 Å². The van der Waals surface area contributed by atoms with Gasteiger partial charge in [0.1, 0.15) is 6.61 Å². The summed E-state index contributed by atoms with van der Waals surface area (Å²) in [7, 11) is 1.49. The molecule has 8 heteroatoms. The molecular weight excluding hydrogens is 286 g/mol. The van der Waals surface area contributed by atoms with Gasteiger partial charge in [0.15, 0.2) is 0 Å². The van der Waals surface area contributed by atoms with Gasteiger partial charge in [-0.25, -0.2) is 10.3 Å². The number of tetrazole rings is 1. The van der Waals surface area contributed by atoms with E-state index in [1.165, 1.54) is 7.05 Å². The van der Waals surface area contributed by atoms with Gasteiger partial charge in [-0.3, -0.25) is 9.63 Å². The van der Waals surface area contributed by atoms with Crippen molar-refractivity contribution in [2.45, 2.75) is 20.0 Å². The second-order valence-electron chi connectivity index (χ2n) is 4.41. The normalized spacial score (nSPS) is 10.2. The predicted octanol–water partition coefficient (Wildman–Crippen LogP) is -0.0949. The Labute approximate surface area is 126 Å². The first-order chi connectivity index (χ1) is 10.6. The molecule has 0 aliphatic carbocycles. The zero-order valence-electron chi connectivity index (χ0n) is 12.2. The molecule has 1 aromatic carbocycles. The maximum absolute atomic E-state index is 12.0. The summed E-state index contributed by atoms with van der Waals surface area (Å²) in [6.07, 6.45) is 5.78. The van der Waals surface area contributed by atoms with E-state index in [2.05, 4.69) is 21.8 Å². The molecule has 0 aliphatic heterocycles. The van der Waals surface area contributed by atoms with Crippen molar-refractivity contribution in [3.8, 4) is 18.0 Å². The molecule has 0 spiro atoms. The summed E-state index contributed by atoms with van der Waals surface area (Å²) < 4.78 is 2.23. The summed E-state index contributed by atoms with van der Waals surface area (Å²) in [5.41, 5.74) is 3.44. The lowest BCUT2D eigenvalue weighted by Crippen LogP contribution is -2.25. The van der Waals surface area contributed by atoms with Crippen LogP contribution in [0, 0.1) is 12.3 Å². The van der Waals surface area contributed by atoms with Crippen molar-refractivity contribution < 1.29 is 9.63 Å². The molecule has 1 N–H and O–H groups in total. The summed E-state index contributed by atoms with van der Waals surface area (Å²) >= 11 is 0. The van der Waals surface area contributed by atoms with Crippen molar-refractivity contribution in [3.05, 3.63) is 39.8 Å². The molecule has 2 aromatic rings. The summed E-state index contributed by atoms with van der Waals surface area (Å²) in [4.78, 5) is 28.4. The number of aryl methyl sites for hydroxylation is 1. The largest absolute Gasteiger partial charge is 0.368 e. The number of amides is 1. The van der Waals surface area contributed by atoms with Crippen LogP contribution in [0.2, 0.25) is 0 Å². The van der Waals surface area contributed by atoms with E-state index in [4.69, 9.17) is 11.3 Å². The highest BCUT2D eigenvalue weighted by Crippen LogP contribution is 2.17. The van der Waals surface area contributed by atoms with Crippen LogP contribution in [0.25, 0.3) is 5.69 Å². The average molecular weight is 301 g/mol. The highest BCUT2D eigenvalue weighted by atomic mass is 16.6. The van der Waals surface area contributed by atoms with Gasteiger partial charge in [0, 0.05) is 24.6 Å². The lowest BCUT2D eigenvalue weighted by atomic mass is 10.1. The van der Waals surface area contributed by atoms with Crippen LogP contribution >= 0.6 is 0 Å². The van der Waals surface area contributed by atoms with Crippen molar-refractivity contribution in [1.82, 2.24) is 25.3 Å². The first kappa shape index (κ1) is 15.5. The molecule has 0 atom stereocenters. The maximum Gasteiger partial charge on any atom is 0.368 e. The lowest BCUT2D eigenvalue weighted by Gasteiger charge is -2.11. The van der Waals surface area contributed by atoms with Gasteiger partial charge in [-0.1, -0.05) is 18.9 Å². The molecule has 1 heterocycles. The number of carbonyl (C=O) groups is 1. The van der Waals surface area contributed by atoms with Gasteiger partial charge >= 0.3 is 5.69 Å². The Hall–Kier alpha value is -2.92. The number of carbonyl (C=O) groups excluding carboxylic acids is 1. The van der Waals surface area contributed by atoms with Gasteiger partial charge in [0.05, 0.1) is 5.69 Å². The molecule has 0 aliphatic rings. The number of nitrogens with one attached hydrogen (secondary N) is 1. The third-order valence-corrected chi connectivity index (χ3v) is 2.98. The van der Waals surface area contributed by atoms with Gasteiger partial charge in [0.2, 0.25) is 5.91 Å². The predicted molar refractivity (Wildman–Crippen MR) is 77.8 cm³/mol. The quantitative estimate of drug-likeness (QED) is 0.615. The third-order valence-electron chi connectivity index (χ3n) is 2.98. The molecule has 2 rings (SSSR count). The Morgan fingerprint density at radius 2 is 2.23 bits per heavy atom. The average Bonchev–Trinajstić information content (AvgIpc) is 2.86. The van der Waals surface area contributed by atoms with Crippen LogP contribution in [0.4, 0.5) is 0 Å². The minimum atomic E-state index is -0.409. The van der Waals surface area contributed by atoms with Crippen LogP contribution in [0.1, 0.15) is 24.5 Å². The summed E-state index contributed by atoms with van der Waals surface area (Å²) in [6, 6.07) is 5.10. The van der Waals surface area contributed by atoms with Gasteiger partial charge < -0.3 is 0 Å². The molecule has 1 amide bonds. The fourth-order valence-electron chi connectivity index (χ4n) is 1.79. The molecule has 0 radical (unpaired) electrons. The standard InChI is InChI=1S/C14H15N5O3/c1-4-10-7-6-8-12(19-14(21)18(3)16-17-19)11(10)9-22-15-13(20)5-2/h1,6-8H,5,9H2,2-3H3,(H,15,20). The zero-order valence-corrected chi connectivity index (χ0v) is 12.2. The molecule has 1 aromatic heterocycles. The van der Waals surface area contributed by atoms with E-state index in [-0.39, 0.29) is 12.5 Å². The second-order valence-corrected chi connectivity index (χ2v) is 4.41. The Morgan fingerprint density at radius 1 is 1.45 bits per heavy atom. The minimum absolute atomic E-state index is 0.00443. The van der Waals surface area contributed by atoms with Crippen LogP contribution in [-0.2, 0) is 23.3 Å². The molecule has 22 heavy (non-hydrogen) atoms. The van der Waals surface area contributed by atoms with E-state index in [1.807, 2.05) is 0 Å². The monoisotopic (exact) mass is 301 g/mol. The Morgan fingerprint density at radius 3 is 2.82 bits per heavy atom. The molecule has 0 saturated heterocycles. The van der Waals surface area contributed by atoms with Crippen molar-refractivity contribution in [2.75, 3.05) is 0 Å². The summed E-state index contributed by atoms with van der Waals surface area (Å²) in [5.74, 6) is 2.27. The van der Waals surface area contributed by atoms with E-state index in [0.717, 1.165) is 9.36 Å². The van der Waals surface area contributed by atoms with Crippen LogP contribution in [0.5, 0.6) is 0 Å². The number of rotatable bonds is 5. The number of hydroxylamine groups is 1. The van der Waals surface area contributed by atoms with Gasteiger partial charge in [-0.05, 0) is 22.6 Å². The number of hydrogen-bond acceptors (Lipinski definition) is 5. The number of terminal acetylenes is 1.